The molecule has 0 saturated carbocycles. The van der Waals surface area contributed by atoms with Gasteiger partial charge in [0.2, 0.25) is 0 Å². The van der Waals surface area contributed by atoms with Crippen molar-refractivity contribution >= 4 is 17.9 Å². The number of methoxy groups -OCH3 is 2. The second-order valence-electron chi connectivity index (χ2n) is 5.54. The molecule has 136 valence electrons. The fourth-order valence-corrected chi connectivity index (χ4v) is 2.49. The van der Waals surface area contributed by atoms with Crippen molar-refractivity contribution in [3.63, 3.8) is 0 Å². The third kappa shape index (κ3) is 4.62. The minimum absolute atomic E-state index is 0.110. The van der Waals surface area contributed by atoms with Gasteiger partial charge in [0.1, 0.15) is 0 Å². The van der Waals surface area contributed by atoms with Crippen molar-refractivity contribution in [2.24, 2.45) is 0 Å². The molecule has 1 heterocycles. The van der Waals surface area contributed by atoms with E-state index in [-0.39, 0.29) is 13.0 Å². The molecule has 1 fully saturated rings. The van der Waals surface area contributed by atoms with Crippen molar-refractivity contribution in [3.8, 4) is 11.5 Å². The normalized spacial score (nSPS) is 14.7. The monoisotopic (exact) mass is 350 g/mol. The van der Waals surface area contributed by atoms with Crippen LogP contribution in [-0.2, 0) is 20.7 Å². The van der Waals surface area contributed by atoms with Gasteiger partial charge in [-0.15, -0.1) is 0 Å². The molecule has 0 unspecified atom stereocenters. The number of nitrogens with zero attached hydrogens (tertiary/aromatic N) is 1. The van der Waals surface area contributed by atoms with Crippen LogP contribution in [0.15, 0.2) is 18.2 Å². The first-order valence-electron chi connectivity index (χ1n) is 7.96. The third-order valence-electron chi connectivity index (χ3n) is 3.84. The van der Waals surface area contributed by atoms with Gasteiger partial charge in [0.25, 0.3) is 5.91 Å². The number of aryl methyl sites for hydroxylation is 1. The van der Waals surface area contributed by atoms with E-state index in [1.54, 1.807) is 19.2 Å². The summed E-state index contributed by atoms with van der Waals surface area (Å²) in [5.74, 6) is 0.165. The molecule has 0 spiro atoms. The van der Waals surface area contributed by atoms with Gasteiger partial charge in [-0.3, -0.25) is 14.5 Å². The molecule has 1 aliphatic rings. The number of urea groups is 1. The molecule has 0 aromatic heterocycles. The molecule has 1 saturated heterocycles. The minimum atomic E-state index is -0.998. The van der Waals surface area contributed by atoms with Gasteiger partial charge in [0, 0.05) is 19.5 Å². The van der Waals surface area contributed by atoms with Crippen LogP contribution in [0.3, 0.4) is 0 Å². The molecule has 8 nitrogen and oxygen atoms in total. The molecule has 2 rings (SSSR count). The number of hydrogen-bond donors (Lipinski definition) is 1. The molecule has 1 aromatic carbocycles. The van der Waals surface area contributed by atoms with Crippen molar-refractivity contribution in [2.75, 3.05) is 27.3 Å². The maximum atomic E-state index is 12.1. The number of hydrogen-bond acceptors (Lipinski definition) is 6. The lowest BCUT2D eigenvalue weighted by molar-refractivity contribution is -0.157. The molecule has 0 aliphatic carbocycles. The fraction of sp³-hybridized carbons (Fsp3) is 0.471. The van der Waals surface area contributed by atoms with Gasteiger partial charge in [0.15, 0.2) is 17.6 Å². The highest BCUT2D eigenvalue weighted by Gasteiger charge is 2.31. The lowest BCUT2D eigenvalue weighted by atomic mass is 10.1. The number of nitrogens with one attached hydrogen (secondary N) is 1. The van der Waals surface area contributed by atoms with Gasteiger partial charge in [-0.05, 0) is 31.0 Å². The first-order valence-corrected chi connectivity index (χ1v) is 7.96. The van der Waals surface area contributed by atoms with E-state index in [0.717, 1.165) is 10.5 Å². The van der Waals surface area contributed by atoms with Crippen molar-refractivity contribution in [1.29, 1.82) is 0 Å². The molecule has 1 aliphatic heterocycles. The Balaban J connectivity index is 1.86. The molecule has 8 heteroatoms. The number of carbonyl (C=O) groups is 3. The van der Waals surface area contributed by atoms with Gasteiger partial charge in [0.05, 0.1) is 14.2 Å². The maximum Gasteiger partial charge on any atom is 0.324 e. The number of ether oxygens (including phenoxy) is 3. The van der Waals surface area contributed by atoms with E-state index in [1.807, 2.05) is 6.07 Å². The lowest BCUT2D eigenvalue weighted by Crippen LogP contribution is -2.41. The minimum Gasteiger partial charge on any atom is -0.493 e. The lowest BCUT2D eigenvalue weighted by Gasteiger charge is -2.18. The van der Waals surface area contributed by atoms with Gasteiger partial charge in [-0.25, -0.2) is 4.79 Å². The Morgan fingerprint density at radius 3 is 2.56 bits per heavy atom. The zero-order chi connectivity index (χ0) is 18.4. The van der Waals surface area contributed by atoms with Gasteiger partial charge >= 0.3 is 12.0 Å². The zero-order valence-electron chi connectivity index (χ0n) is 14.5. The van der Waals surface area contributed by atoms with Crippen LogP contribution in [0.1, 0.15) is 18.9 Å². The van der Waals surface area contributed by atoms with E-state index in [4.69, 9.17) is 14.2 Å². The van der Waals surface area contributed by atoms with Crippen molar-refractivity contribution in [2.45, 2.75) is 25.9 Å². The maximum absolute atomic E-state index is 12.1. The predicted molar refractivity (Wildman–Crippen MR) is 88.5 cm³/mol. The Bertz CT molecular complexity index is 661. The molecule has 0 bridgehead atoms. The molecule has 3 amide bonds. The number of esters is 1. The fourth-order valence-electron chi connectivity index (χ4n) is 2.49. The predicted octanol–water partition coefficient (Wildman–Crippen LogP) is 1.12. The molecule has 1 atom stereocenters. The number of amides is 3. The summed E-state index contributed by atoms with van der Waals surface area (Å²) < 4.78 is 15.5. The van der Waals surface area contributed by atoms with Gasteiger partial charge in [-0.1, -0.05) is 6.07 Å². The van der Waals surface area contributed by atoms with E-state index in [1.165, 1.54) is 14.0 Å². The summed E-state index contributed by atoms with van der Waals surface area (Å²) in [4.78, 5) is 36.5. The molecule has 1 N–H and O–H groups in total. The molecule has 1 aromatic rings. The van der Waals surface area contributed by atoms with Crippen LogP contribution in [0.2, 0.25) is 0 Å². The second kappa shape index (κ2) is 8.36. The summed E-state index contributed by atoms with van der Waals surface area (Å²) in [5.41, 5.74) is 0.882. The summed E-state index contributed by atoms with van der Waals surface area (Å²) >= 11 is 0. The highest BCUT2D eigenvalue weighted by Crippen LogP contribution is 2.28. The van der Waals surface area contributed by atoms with E-state index in [2.05, 4.69) is 5.32 Å². The summed E-state index contributed by atoms with van der Waals surface area (Å²) in [6.45, 7) is 2.15. The first kappa shape index (κ1) is 18.6. The molecule has 25 heavy (non-hydrogen) atoms. The standard InChI is InChI=1S/C17H22N2O6/c1-11(16(21)19-9-8-18-17(19)22)25-15(20)7-5-12-4-6-13(23-2)14(10-12)24-3/h4,6,10-11H,5,7-9H2,1-3H3,(H,18,22)/t11-/m0/s1. The smallest absolute Gasteiger partial charge is 0.324 e. The molecule has 0 radical (unpaired) electrons. The summed E-state index contributed by atoms with van der Waals surface area (Å²) in [6, 6.07) is 4.92. The highest BCUT2D eigenvalue weighted by atomic mass is 16.5. The zero-order valence-corrected chi connectivity index (χ0v) is 14.5. The summed E-state index contributed by atoms with van der Waals surface area (Å²) in [6.07, 6.45) is -0.453. The number of imide groups is 1. The van der Waals surface area contributed by atoms with Crippen molar-refractivity contribution < 1.29 is 28.6 Å². The SMILES string of the molecule is COc1ccc(CCC(=O)O[C@@H](C)C(=O)N2CCNC2=O)cc1OC. The number of carbonyl (C=O) groups excluding carboxylic acids is 3. The third-order valence-corrected chi connectivity index (χ3v) is 3.84. The van der Waals surface area contributed by atoms with E-state index < -0.39 is 24.0 Å². The second-order valence-corrected chi connectivity index (χ2v) is 5.54. The average molecular weight is 350 g/mol. The van der Waals surface area contributed by atoms with E-state index in [0.29, 0.717) is 24.5 Å². The first-order chi connectivity index (χ1) is 12.0. The number of benzene rings is 1. The van der Waals surface area contributed by atoms with E-state index >= 15 is 0 Å². The Morgan fingerprint density at radius 2 is 1.96 bits per heavy atom. The number of rotatable bonds is 7. The summed E-state index contributed by atoms with van der Waals surface area (Å²) in [7, 11) is 3.09. The van der Waals surface area contributed by atoms with Crippen LogP contribution in [0.25, 0.3) is 0 Å². The molecular weight excluding hydrogens is 328 g/mol. The Hall–Kier alpha value is -2.77. The Morgan fingerprint density at radius 1 is 1.24 bits per heavy atom. The average Bonchev–Trinajstić information content (AvgIpc) is 3.04. The summed E-state index contributed by atoms with van der Waals surface area (Å²) in [5, 5.41) is 2.53. The topological polar surface area (TPSA) is 94.2 Å². The van der Waals surface area contributed by atoms with Gasteiger partial charge < -0.3 is 19.5 Å². The van der Waals surface area contributed by atoms with Crippen LogP contribution in [0, 0.1) is 0 Å². The quantitative estimate of drug-likeness (QED) is 0.741. The van der Waals surface area contributed by atoms with Gasteiger partial charge in [-0.2, -0.15) is 0 Å². The van der Waals surface area contributed by atoms with E-state index in [9.17, 15) is 14.4 Å². The Labute approximate surface area is 146 Å². The largest absolute Gasteiger partial charge is 0.493 e. The van der Waals surface area contributed by atoms with Crippen molar-refractivity contribution in [1.82, 2.24) is 10.2 Å². The van der Waals surface area contributed by atoms with Crippen LogP contribution >= 0.6 is 0 Å². The van der Waals surface area contributed by atoms with Crippen molar-refractivity contribution in [3.05, 3.63) is 23.8 Å². The van der Waals surface area contributed by atoms with Crippen LogP contribution < -0.4 is 14.8 Å². The Kier molecular flexibility index (Phi) is 6.21. The van der Waals surface area contributed by atoms with Crippen LogP contribution in [0.5, 0.6) is 11.5 Å². The van der Waals surface area contributed by atoms with Crippen LogP contribution in [0.4, 0.5) is 4.79 Å². The van der Waals surface area contributed by atoms with Crippen LogP contribution in [-0.4, -0.2) is 56.2 Å². The molecular formula is C17H22N2O6. The highest BCUT2D eigenvalue weighted by molar-refractivity contribution is 5.98.